The van der Waals surface area contributed by atoms with E-state index in [9.17, 15) is 31.5 Å². The number of rotatable bonds is 7. The highest BCUT2D eigenvalue weighted by atomic mass is 32.2. The SMILES string of the molecule is Cc1ccccc1S(=O)(=O)N1CCC(Oc2ccc(N3N=C(C(F)(F)F)C(C)C3CC(=O)O)cc2)CC1. The molecule has 200 valence electrons. The number of carboxylic acids is 1. The van der Waals surface area contributed by atoms with Crippen LogP contribution in [0.2, 0.25) is 0 Å². The van der Waals surface area contributed by atoms with Crippen molar-refractivity contribution >= 4 is 27.4 Å². The van der Waals surface area contributed by atoms with Crippen LogP contribution in [0.25, 0.3) is 0 Å². The van der Waals surface area contributed by atoms with E-state index in [-0.39, 0.29) is 6.10 Å². The van der Waals surface area contributed by atoms with Gasteiger partial charge >= 0.3 is 12.1 Å². The van der Waals surface area contributed by atoms with Crippen LogP contribution in [0.1, 0.15) is 31.7 Å². The number of aliphatic carboxylic acids is 1. The molecular formula is C25H28F3N3O5S. The topological polar surface area (TPSA) is 99.5 Å². The number of sulfonamides is 1. The third-order valence-corrected chi connectivity index (χ3v) is 8.79. The van der Waals surface area contributed by atoms with Crippen LogP contribution in [-0.4, -0.2) is 60.9 Å². The summed E-state index contributed by atoms with van der Waals surface area (Å²) < 4.78 is 73.6. The third kappa shape index (κ3) is 5.74. The van der Waals surface area contributed by atoms with Crippen molar-refractivity contribution in [2.24, 2.45) is 11.0 Å². The number of carboxylic acid groups (broad SMARTS) is 1. The Kier molecular flexibility index (Phi) is 7.52. The van der Waals surface area contributed by atoms with Crippen LogP contribution in [-0.2, 0) is 14.8 Å². The van der Waals surface area contributed by atoms with Gasteiger partial charge < -0.3 is 9.84 Å². The van der Waals surface area contributed by atoms with Gasteiger partial charge in [0.15, 0.2) is 0 Å². The zero-order valence-corrected chi connectivity index (χ0v) is 21.2. The van der Waals surface area contributed by atoms with E-state index in [0.717, 1.165) is 5.01 Å². The molecule has 37 heavy (non-hydrogen) atoms. The zero-order chi connectivity index (χ0) is 27.0. The summed E-state index contributed by atoms with van der Waals surface area (Å²) in [7, 11) is -3.60. The summed E-state index contributed by atoms with van der Waals surface area (Å²) in [5, 5.41) is 14.0. The minimum atomic E-state index is -4.66. The standard InChI is InChI=1S/C25H28F3N3O5S/c1-16-5-3-4-6-22(16)37(34,35)30-13-11-20(12-14-30)36-19-9-7-18(8-10-19)31-21(15-23(32)33)17(2)24(29-31)25(26,27)28/h3-10,17,20-21H,11-15H2,1-2H3,(H,32,33). The molecule has 2 heterocycles. The molecule has 2 unspecified atom stereocenters. The average Bonchev–Trinajstić information content (AvgIpc) is 3.16. The van der Waals surface area contributed by atoms with E-state index >= 15 is 0 Å². The van der Waals surface area contributed by atoms with Crippen molar-refractivity contribution in [3.05, 3.63) is 54.1 Å². The summed E-state index contributed by atoms with van der Waals surface area (Å²) in [6.07, 6.45) is -4.41. The zero-order valence-electron chi connectivity index (χ0n) is 20.4. The number of benzene rings is 2. The molecule has 2 aliphatic heterocycles. The Morgan fingerprint density at radius 1 is 1.11 bits per heavy atom. The summed E-state index contributed by atoms with van der Waals surface area (Å²) >= 11 is 0. The first-order valence-corrected chi connectivity index (χ1v) is 13.3. The molecule has 0 radical (unpaired) electrons. The van der Waals surface area contributed by atoms with Crippen molar-refractivity contribution < 1.29 is 36.2 Å². The maximum absolute atomic E-state index is 13.4. The molecule has 4 rings (SSSR count). The number of hydrogen-bond donors (Lipinski definition) is 1. The molecule has 2 aromatic rings. The van der Waals surface area contributed by atoms with E-state index in [1.165, 1.54) is 23.4 Å². The lowest BCUT2D eigenvalue weighted by molar-refractivity contribution is -0.137. The molecule has 0 spiro atoms. The fourth-order valence-corrected chi connectivity index (χ4v) is 6.42. The first kappa shape index (κ1) is 26.9. The maximum Gasteiger partial charge on any atom is 0.431 e. The molecule has 0 bridgehead atoms. The number of aryl methyl sites for hydroxylation is 1. The number of carbonyl (C=O) groups is 1. The summed E-state index contributed by atoms with van der Waals surface area (Å²) in [6.45, 7) is 3.69. The predicted molar refractivity (Wildman–Crippen MR) is 131 cm³/mol. The number of anilines is 1. The average molecular weight is 540 g/mol. The monoisotopic (exact) mass is 539 g/mol. The second-order valence-electron chi connectivity index (χ2n) is 9.26. The van der Waals surface area contributed by atoms with Gasteiger partial charge in [0, 0.05) is 19.0 Å². The summed E-state index contributed by atoms with van der Waals surface area (Å²) in [5.41, 5.74) is 0.000899. The van der Waals surface area contributed by atoms with Crippen molar-refractivity contribution in [3.63, 3.8) is 0 Å². The molecular weight excluding hydrogens is 511 g/mol. The van der Waals surface area contributed by atoms with Gasteiger partial charge in [-0.1, -0.05) is 25.1 Å². The van der Waals surface area contributed by atoms with Crippen molar-refractivity contribution in [1.82, 2.24) is 4.31 Å². The number of nitrogens with zero attached hydrogens (tertiary/aromatic N) is 3. The van der Waals surface area contributed by atoms with Gasteiger partial charge in [0.1, 0.15) is 17.6 Å². The second kappa shape index (κ2) is 10.3. The normalized spacial score (nSPS) is 21.6. The van der Waals surface area contributed by atoms with Gasteiger partial charge in [-0.3, -0.25) is 9.80 Å². The first-order valence-electron chi connectivity index (χ1n) is 11.9. The third-order valence-electron chi connectivity index (χ3n) is 6.73. The number of halogens is 3. The fourth-order valence-electron chi connectivity index (χ4n) is 4.73. The quantitative estimate of drug-likeness (QED) is 0.559. The van der Waals surface area contributed by atoms with E-state index < -0.39 is 46.3 Å². The number of ether oxygens (including phenoxy) is 1. The van der Waals surface area contributed by atoms with E-state index in [4.69, 9.17) is 4.74 Å². The highest BCUT2D eigenvalue weighted by molar-refractivity contribution is 7.89. The Labute approximate surface area is 213 Å². The van der Waals surface area contributed by atoms with Gasteiger partial charge in [-0.25, -0.2) is 8.42 Å². The Hall–Kier alpha value is -3.12. The molecule has 12 heteroatoms. The van der Waals surface area contributed by atoms with Gasteiger partial charge in [0.2, 0.25) is 10.0 Å². The van der Waals surface area contributed by atoms with Crippen molar-refractivity contribution in [3.8, 4) is 5.75 Å². The summed E-state index contributed by atoms with van der Waals surface area (Å²) in [5.74, 6) is -1.84. The second-order valence-corrected chi connectivity index (χ2v) is 11.2. The van der Waals surface area contributed by atoms with Crippen LogP contribution >= 0.6 is 0 Å². The van der Waals surface area contributed by atoms with Gasteiger partial charge in [-0.05, 0) is 55.7 Å². The molecule has 1 fully saturated rings. The molecule has 0 aliphatic carbocycles. The number of alkyl halides is 3. The Balaban J connectivity index is 1.41. The van der Waals surface area contributed by atoms with Crippen LogP contribution < -0.4 is 9.75 Å². The maximum atomic E-state index is 13.4. The van der Waals surface area contributed by atoms with E-state index in [1.54, 1.807) is 43.3 Å². The molecule has 8 nitrogen and oxygen atoms in total. The van der Waals surface area contributed by atoms with E-state index in [1.807, 2.05) is 0 Å². The van der Waals surface area contributed by atoms with Crippen LogP contribution in [0.3, 0.4) is 0 Å². The predicted octanol–water partition coefficient (Wildman–Crippen LogP) is 4.44. The lowest BCUT2D eigenvalue weighted by Gasteiger charge is -2.32. The molecule has 2 aliphatic rings. The minimum absolute atomic E-state index is 0.226. The largest absolute Gasteiger partial charge is 0.490 e. The molecule has 0 amide bonds. The first-order chi connectivity index (χ1) is 17.4. The molecule has 1 N–H and O–H groups in total. The summed E-state index contributed by atoms with van der Waals surface area (Å²) in [4.78, 5) is 11.6. The van der Waals surface area contributed by atoms with Gasteiger partial charge in [0.05, 0.1) is 23.0 Å². The molecule has 2 aromatic carbocycles. The highest BCUT2D eigenvalue weighted by Gasteiger charge is 2.48. The Bertz CT molecular complexity index is 1270. The van der Waals surface area contributed by atoms with Crippen molar-refractivity contribution in [1.29, 1.82) is 0 Å². The van der Waals surface area contributed by atoms with Gasteiger partial charge in [0.25, 0.3) is 0 Å². The smallest absolute Gasteiger partial charge is 0.431 e. The van der Waals surface area contributed by atoms with Crippen LogP contribution in [0.5, 0.6) is 5.75 Å². The van der Waals surface area contributed by atoms with Gasteiger partial charge in [-0.15, -0.1) is 0 Å². The van der Waals surface area contributed by atoms with Crippen molar-refractivity contribution in [2.45, 2.75) is 56.3 Å². The van der Waals surface area contributed by atoms with Crippen LogP contribution in [0.15, 0.2) is 58.5 Å². The van der Waals surface area contributed by atoms with E-state index in [0.29, 0.717) is 47.8 Å². The molecule has 0 saturated carbocycles. The lowest BCUT2D eigenvalue weighted by Crippen LogP contribution is -2.41. The number of hydrogen-bond acceptors (Lipinski definition) is 6. The fraction of sp³-hybridized carbons (Fsp3) is 0.440. The Morgan fingerprint density at radius 3 is 2.30 bits per heavy atom. The highest BCUT2D eigenvalue weighted by Crippen LogP contribution is 2.37. The summed E-state index contributed by atoms with van der Waals surface area (Å²) in [6, 6.07) is 12.1. The van der Waals surface area contributed by atoms with Gasteiger partial charge in [-0.2, -0.15) is 22.6 Å². The van der Waals surface area contributed by atoms with Crippen LogP contribution in [0, 0.1) is 12.8 Å². The minimum Gasteiger partial charge on any atom is -0.490 e. The van der Waals surface area contributed by atoms with E-state index in [2.05, 4.69) is 5.10 Å². The lowest BCUT2D eigenvalue weighted by atomic mass is 9.94. The molecule has 1 saturated heterocycles. The van der Waals surface area contributed by atoms with Crippen molar-refractivity contribution in [2.75, 3.05) is 18.1 Å². The number of hydrazone groups is 1. The molecule has 0 aromatic heterocycles. The molecule has 2 atom stereocenters. The Morgan fingerprint density at radius 2 is 1.73 bits per heavy atom. The van der Waals surface area contributed by atoms with Crippen LogP contribution in [0.4, 0.5) is 18.9 Å². The number of piperidine rings is 1.